The summed E-state index contributed by atoms with van der Waals surface area (Å²) >= 11 is 5.66. The van der Waals surface area contributed by atoms with Gasteiger partial charge in [-0.2, -0.15) is 0 Å². The first-order valence-electron chi connectivity index (χ1n) is 7.68. The van der Waals surface area contributed by atoms with Gasteiger partial charge in [-0.15, -0.1) is 0 Å². The van der Waals surface area contributed by atoms with Gasteiger partial charge in [0.15, 0.2) is 0 Å². The number of imide groups is 1. The van der Waals surface area contributed by atoms with Gasteiger partial charge in [0.2, 0.25) is 11.8 Å². The topological polar surface area (TPSA) is 104 Å². The number of nitrogens with zero attached hydrogens (tertiary/aromatic N) is 2. The fraction of sp³-hybridized carbons (Fsp3) is 0.375. The molecule has 0 aliphatic carbocycles. The van der Waals surface area contributed by atoms with Crippen LogP contribution in [0.5, 0.6) is 0 Å². The second-order valence-electron chi connectivity index (χ2n) is 5.68. The van der Waals surface area contributed by atoms with Crippen LogP contribution in [0.1, 0.15) is 29.6 Å². The van der Waals surface area contributed by atoms with Crippen LogP contribution in [0.3, 0.4) is 0 Å². The van der Waals surface area contributed by atoms with Crippen molar-refractivity contribution < 1.29 is 29.0 Å². The molecule has 27 heavy (non-hydrogen) atoms. The Labute approximate surface area is 196 Å². The van der Waals surface area contributed by atoms with Crippen molar-refractivity contribution in [2.75, 3.05) is 30.6 Å². The van der Waals surface area contributed by atoms with Gasteiger partial charge in [-0.1, -0.05) is 0 Å². The predicted molar refractivity (Wildman–Crippen MR) is 123 cm³/mol. The predicted octanol–water partition coefficient (Wildman–Crippen LogP) is 2.85. The summed E-state index contributed by atoms with van der Waals surface area (Å²) in [6.07, 6.45) is 0.886. The van der Waals surface area contributed by atoms with Gasteiger partial charge < -0.3 is 14.7 Å². The van der Waals surface area contributed by atoms with Crippen molar-refractivity contribution in [1.82, 2.24) is 0 Å². The summed E-state index contributed by atoms with van der Waals surface area (Å²) in [6.45, 7) is -0.187. The van der Waals surface area contributed by atoms with E-state index in [1.807, 2.05) is 67.8 Å². The Morgan fingerprint density at radius 2 is 1.67 bits per heavy atom. The Balaban J connectivity index is 2.81. The molecule has 1 aromatic carbocycles. The maximum Gasteiger partial charge on any atom is 0.338 e. The number of carboxylic acids is 1. The third-order valence-corrected chi connectivity index (χ3v) is 7.09. The summed E-state index contributed by atoms with van der Waals surface area (Å²) in [7, 11) is 2.89. The first kappa shape index (κ1) is 22.7. The van der Waals surface area contributed by atoms with Crippen molar-refractivity contribution in [2.45, 2.75) is 19.3 Å². The van der Waals surface area contributed by atoms with E-state index in [4.69, 9.17) is 4.74 Å². The highest BCUT2D eigenvalue weighted by atomic mass is 127. The Morgan fingerprint density at radius 3 is 2.15 bits per heavy atom. The number of amides is 3. The minimum atomic E-state index is -1.20. The van der Waals surface area contributed by atoms with E-state index < -0.39 is 5.97 Å². The summed E-state index contributed by atoms with van der Waals surface area (Å²) in [5.74, 6) is -2.34. The molecule has 1 fully saturated rings. The number of carboxylic acid groups (broad SMARTS) is 1. The standard InChI is InChI=1S/C16H15I3N2O6/c1-20(9(24)6-27-2)14-11(17)10(16(25)26)12(18)15(13(14)19)21-7(22)4-3-5-8(21)23/h3-6H2,1-2H3,(H,25,26). The van der Waals surface area contributed by atoms with Gasteiger partial charge in [0.1, 0.15) is 6.61 Å². The molecule has 1 N–H and O–H groups in total. The monoisotopic (exact) mass is 712 g/mol. The fourth-order valence-corrected chi connectivity index (χ4v) is 7.50. The number of ether oxygens (including phenoxy) is 1. The summed E-state index contributed by atoms with van der Waals surface area (Å²) in [5, 5.41) is 9.71. The maximum atomic E-state index is 12.4. The molecule has 1 saturated heterocycles. The molecule has 0 radical (unpaired) electrons. The van der Waals surface area contributed by atoms with Crippen molar-refractivity contribution in [3.63, 3.8) is 0 Å². The van der Waals surface area contributed by atoms with Crippen molar-refractivity contribution in [3.8, 4) is 0 Å². The van der Waals surface area contributed by atoms with Crippen LogP contribution >= 0.6 is 67.8 Å². The maximum absolute atomic E-state index is 12.4. The number of hydrogen-bond donors (Lipinski definition) is 1. The molecule has 8 nitrogen and oxygen atoms in total. The van der Waals surface area contributed by atoms with Crippen LogP contribution in [-0.4, -0.2) is 49.6 Å². The normalized spacial score (nSPS) is 14.5. The highest BCUT2D eigenvalue weighted by Gasteiger charge is 2.36. The molecule has 0 saturated carbocycles. The van der Waals surface area contributed by atoms with Crippen LogP contribution in [0.4, 0.5) is 11.4 Å². The minimum Gasteiger partial charge on any atom is -0.478 e. The number of aromatic carboxylic acids is 1. The molecule has 0 unspecified atom stereocenters. The van der Waals surface area contributed by atoms with Crippen LogP contribution in [0.15, 0.2) is 0 Å². The van der Waals surface area contributed by atoms with Crippen molar-refractivity contribution in [2.24, 2.45) is 0 Å². The molecule has 2 rings (SSSR count). The molecule has 0 spiro atoms. The molecule has 1 heterocycles. The number of likely N-dealkylation sites (N-methyl/N-ethyl adjacent to an activating group) is 1. The summed E-state index contributed by atoms with van der Waals surface area (Å²) in [6, 6.07) is 0. The molecule has 0 atom stereocenters. The van der Waals surface area contributed by atoms with Gasteiger partial charge in [-0.05, 0) is 74.2 Å². The Kier molecular flexibility index (Phi) is 7.83. The number of methoxy groups -OCH3 is 1. The van der Waals surface area contributed by atoms with E-state index in [0.717, 1.165) is 4.90 Å². The first-order valence-corrected chi connectivity index (χ1v) is 10.9. The summed E-state index contributed by atoms with van der Waals surface area (Å²) in [5.41, 5.74) is 0.498. The van der Waals surface area contributed by atoms with E-state index in [1.54, 1.807) is 0 Å². The average Bonchev–Trinajstić information content (AvgIpc) is 2.57. The number of anilines is 2. The van der Waals surface area contributed by atoms with E-state index in [0.29, 0.717) is 19.2 Å². The van der Waals surface area contributed by atoms with Crippen LogP contribution in [0.2, 0.25) is 0 Å². The minimum absolute atomic E-state index is 0.0511. The average molecular weight is 712 g/mol. The number of benzene rings is 1. The number of hydrogen-bond acceptors (Lipinski definition) is 5. The third-order valence-electron chi connectivity index (χ3n) is 3.97. The van der Waals surface area contributed by atoms with Gasteiger partial charge >= 0.3 is 5.97 Å². The number of carbonyl (C=O) groups excluding carboxylic acids is 3. The second-order valence-corrected chi connectivity index (χ2v) is 8.92. The molecule has 1 aromatic rings. The van der Waals surface area contributed by atoms with E-state index in [2.05, 4.69) is 0 Å². The van der Waals surface area contributed by atoms with Crippen LogP contribution < -0.4 is 9.80 Å². The smallest absolute Gasteiger partial charge is 0.338 e. The summed E-state index contributed by atoms with van der Waals surface area (Å²) < 4.78 is 5.97. The van der Waals surface area contributed by atoms with Crippen molar-refractivity contribution in [3.05, 3.63) is 16.3 Å². The van der Waals surface area contributed by atoms with E-state index >= 15 is 0 Å². The molecule has 3 amide bonds. The van der Waals surface area contributed by atoms with E-state index in [9.17, 15) is 24.3 Å². The zero-order valence-corrected chi connectivity index (χ0v) is 20.8. The zero-order chi connectivity index (χ0) is 20.5. The van der Waals surface area contributed by atoms with Crippen LogP contribution in [-0.2, 0) is 19.1 Å². The Morgan fingerprint density at radius 1 is 1.11 bits per heavy atom. The molecule has 146 valence electrons. The molecule has 11 heteroatoms. The molecule has 0 aromatic heterocycles. The largest absolute Gasteiger partial charge is 0.478 e. The first-order chi connectivity index (χ1) is 12.6. The quantitative estimate of drug-likeness (QED) is 0.373. The lowest BCUT2D eigenvalue weighted by Gasteiger charge is -2.30. The van der Waals surface area contributed by atoms with Crippen molar-refractivity contribution >= 4 is 103 Å². The number of rotatable bonds is 5. The van der Waals surface area contributed by atoms with E-state index in [1.165, 1.54) is 19.1 Å². The molecule has 1 aliphatic rings. The third kappa shape index (κ3) is 4.39. The lowest BCUT2D eigenvalue weighted by atomic mass is 10.1. The fourth-order valence-electron chi connectivity index (χ4n) is 2.66. The number of halogens is 3. The van der Waals surface area contributed by atoms with Gasteiger partial charge in [0.05, 0.1) is 27.6 Å². The Bertz CT molecular complexity index is 826. The molecular weight excluding hydrogens is 697 g/mol. The van der Waals surface area contributed by atoms with Gasteiger partial charge in [0.25, 0.3) is 5.91 Å². The number of piperidine rings is 1. The molecule has 0 bridgehead atoms. The van der Waals surface area contributed by atoms with Crippen LogP contribution in [0.25, 0.3) is 0 Å². The van der Waals surface area contributed by atoms with Crippen LogP contribution in [0, 0.1) is 10.7 Å². The lowest BCUT2D eigenvalue weighted by molar-refractivity contribution is -0.129. The molecule has 1 aliphatic heterocycles. The van der Waals surface area contributed by atoms with E-state index in [-0.39, 0.29) is 52.0 Å². The van der Waals surface area contributed by atoms with Gasteiger partial charge in [-0.25, -0.2) is 9.69 Å². The zero-order valence-electron chi connectivity index (χ0n) is 14.3. The summed E-state index contributed by atoms with van der Waals surface area (Å²) in [4.78, 5) is 51.4. The lowest BCUT2D eigenvalue weighted by Crippen LogP contribution is -2.42. The van der Waals surface area contributed by atoms with Crippen molar-refractivity contribution in [1.29, 1.82) is 0 Å². The number of carbonyl (C=O) groups is 4. The highest BCUT2D eigenvalue weighted by molar-refractivity contribution is 14.1. The highest BCUT2D eigenvalue weighted by Crippen LogP contribution is 2.43. The van der Waals surface area contributed by atoms with Gasteiger partial charge in [-0.3, -0.25) is 14.4 Å². The molecular formula is C16H15I3N2O6. The Hall–Kier alpha value is -0.550. The second kappa shape index (κ2) is 9.30. The SMILES string of the molecule is COCC(=O)N(C)c1c(I)c(C(=O)O)c(I)c(N2C(=O)CCCC2=O)c1I. The van der Waals surface area contributed by atoms with Gasteiger partial charge in [0, 0.05) is 27.0 Å².